The fourth-order valence-electron chi connectivity index (χ4n) is 5.05. The zero-order chi connectivity index (χ0) is 17.1. The molecule has 0 saturated heterocycles. The van der Waals surface area contributed by atoms with E-state index in [2.05, 4.69) is 31.1 Å². The second-order valence-electron chi connectivity index (χ2n) is 8.23. The molecule has 2 saturated carbocycles. The molecule has 0 unspecified atom stereocenters. The minimum Gasteiger partial charge on any atom is -0.349 e. The molecule has 0 radical (unpaired) electrons. The Hall–Kier alpha value is -2.10. The van der Waals surface area contributed by atoms with E-state index in [1.54, 1.807) is 0 Å². The molecule has 2 bridgehead atoms. The number of carbonyl (C=O) groups is 1. The summed E-state index contributed by atoms with van der Waals surface area (Å²) in [6.07, 6.45) is 3.45. The first-order valence-corrected chi connectivity index (χ1v) is 8.76. The molecule has 2 fully saturated rings. The highest BCUT2D eigenvalue weighted by molar-refractivity contribution is 6.06. The van der Waals surface area contributed by atoms with E-state index in [9.17, 15) is 9.59 Å². The second-order valence-corrected chi connectivity index (χ2v) is 8.23. The standard InChI is InChI=1S/C20H24N2O2/c1-19(2)12-8-9-20(19,3)16(10-12)22-18(24)14-11-17(23)21-15-7-5-4-6-13(14)15/h4-7,11-12,16H,8-10H2,1-3H3,(H,21,23)(H,22,24)/t12-,16+,20+/m0/s1. The number of hydrogen-bond acceptors (Lipinski definition) is 2. The number of para-hydroxylation sites is 1. The third-order valence-electron chi connectivity index (χ3n) is 7.09. The summed E-state index contributed by atoms with van der Waals surface area (Å²) in [6.45, 7) is 6.97. The first kappa shape index (κ1) is 15.4. The van der Waals surface area contributed by atoms with Crippen LogP contribution in [0.5, 0.6) is 0 Å². The van der Waals surface area contributed by atoms with Gasteiger partial charge in [-0.3, -0.25) is 9.59 Å². The van der Waals surface area contributed by atoms with Crippen molar-refractivity contribution in [3.05, 3.63) is 46.2 Å². The van der Waals surface area contributed by atoms with Crippen LogP contribution in [0, 0.1) is 16.7 Å². The summed E-state index contributed by atoms with van der Waals surface area (Å²) in [5.41, 5.74) is 1.32. The molecule has 3 atom stereocenters. The summed E-state index contributed by atoms with van der Waals surface area (Å²) < 4.78 is 0. The van der Waals surface area contributed by atoms with Gasteiger partial charge in [-0.05, 0) is 42.1 Å². The van der Waals surface area contributed by atoms with E-state index in [0.29, 0.717) is 17.0 Å². The molecule has 0 aliphatic heterocycles. The van der Waals surface area contributed by atoms with Crippen molar-refractivity contribution in [2.75, 3.05) is 0 Å². The molecule has 4 heteroatoms. The van der Waals surface area contributed by atoms with Crippen molar-refractivity contribution in [3.63, 3.8) is 0 Å². The molecular formula is C20H24N2O2. The molecule has 1 heterocycles. The predicted molar refractivity (Wildman–Crippen MR) is 95.1 cm³/mol. The molecule has 2 N–H and O–H groups in total. The van der Waals surface area contributed by atoms with Crippen LogP contribution in [0.15, 0.2) is 35.1 Å². The molecule has 2 aromatic rings. The summed E-state index contributed by atoms with van der Waals surface area (Å²) in [6, 6.07) is 9.05. The van der Waals surface area contributed by atoms with Crippen LogP contribution in [-0.4, -0.2) is 16.9 Å². The number of carbonyl (C=O) groups excluding carboxylic acids is 1. The van der Waals surface area contributed by atoms with E-state index < -0.39 is 0 Å². The SMILES string of the molecule is CC1(C)[C@H]2CC[C@]1(C)[C@H](NC(=O)c1cc(=O)[nH]c3ccccc13)C2. The first-order valence-electron chi connectivity index (χ1n) is 8.76. The van der Waals surface area contributed by atoms with Crippen LogP contribution in [0.4, 0.5) is 0 Å². The van der Waals surface area contributed by atoms with Crippen LogP contribution < -0.4 is 10.9 Å². The van der Waals surface area contributed by atoms with Gasteiger partial charge in [0.2, 0.25) is 5.56 Å². The second kappa shape index (κ2) is 4.95. The Morgan fingerprint density at radius 1 is 1.25 bits per heavy atom. The first-order chi connectivity index (χ1) is 11.3. The topological polar surface area (TPSA) is 62.0 Å². The highest BCUT2D eigenvalue weighted by Crippen LogP contribution is 2.65. The van der Waals surface area contributed by atoms with E-state index in [1.165, 1.54) is 12.5 Å². The fourth-order valence-corrected chi connectivity index (χ4v) is 5.05. The smallest absolute Gasteiger partial charge is 0.252 e. The van der Waals surface area contributed by atoms with Gasteiger partial charge in [0.05, 0.1) is 5.56 Å². The van der Waals surface area contributed by atoms with Crippen LogP contribution >= 0.6 is 0 Å². The number of H-pyrrole nitrogens is 1. The van der Waals surface area contributed by atoms with Crippen molar-refractivity contribution < 1.29 is 4.79 Å². The van der Waals surface area contributed by atoms with Gasteiger partial charge >= 0.3 is 0 Å². The normalized spacial score (nSPS) is 30.6. The van der Waals surface area contributed by atoms with Gasteiger partial charge in [0.25, 0.3) is 5.91 Å². The van der Waals surface area contributed by atoms with Gasteiger partial charge in [0.1, 0.15) is 0 Å². The van der Waals surface area contributed by atoms with Gasteiger partial charge in [0, 0.05) is 23.0 Å². The Kier molecular flexibility index (Phi) is 3.18. The lowest BCUT2D eigenvalue weighted by Gasteiger charge is -2.39. The Bertz CT molecular complexity index is 883. The number of amides is 1. The molecule has 2 aliphatic carbocycles. The number of benzene rings is 1. The van der Waals surface area contributed by atoms with Gasteiger partial charge in [-0.1, -0.05) is 39.0 Å². The molecule has 4 nitrogen and oxygen atoms in total. The highest BCUT2D eigenvalue weighted by Gasteiger charge is 2.61. The van der Waals surface area contributed by atoms with E-state index in [0.717, 1.165) is 18.2 Å². The number of nitrogens with one attached hydrogen (secondary N) is 2. The number of aromatic nitrogens is 1. The Balaban J connectivity index is 1.68. The van der Waals surface area contributed by atoms with Crippen molar-refractivity contribution in [1.82, 2.24) is 10.3 Å². The van der Waals surface area contributed by atoms with Gasteiger partial charge in [-0.15, -0.1) is 0 Å². The van der Waals surface area contributed by atoms with E-state index >= 15 is 0 Å². The molecule has 4 rings (SSSR count). The maximum absolute atomic E-state index is 12.9. The van der Waals surface area contributed by atoms with E-state index in [-0.39, 0.29) is 28.3 Å². The number of aromatic amines is 1. The molecule has 0 spiro atoms. The molecule has 1 aromatic heterocycles. The van der Waals surface area contributed by atoms with Gasteiger partial charge < -0.3 is 10.3 Å². The number of rotatable bonds is 2. The molecule has 1 aromatic carbocycles. The quantitative estimate of drug-likeness (QED) is 0.888. The maximum Gasteiger partial charge on any atom is 0.252 e. The van der Waals surface area contributed by atoms with Crippen molar-refractivity contribution >= 4 is 16.8 Å². The Morgan fingerprint density at radius 3 is 2.67 bits per heavy atom. The lowest BCUT2D eigenvalue weighted by Crippen LogP contribution is -2.47. The summed E-state index contributed by atoms with van der Waals surface area (Å²) in [5.74, 6) is 0.538. The van der Waals surface area contributed by atoms with Crippen molar-refractivity contribution in [2.24, 2.45) is 16.7 Å². The number of hydrogen-bond donors (Lipinski definition) is 2. The van der Waals surface area contributed by atoms with Crippen molar-refractivity contribution in [2.45, 2.75) is 46.1 Å². The predicted octanol–water partition coefficient (Wildman–Crippen LogP) is 3.47. The zero-order valence-corrected chi connectivity index (χ0v) is 14.5. The number of pyridine rings is 1. The van der Waals surface area contributed by atoms with Crippen molar-refractivity contribution in [3.8, 4) is 0 Å². The number of fused-ring (bicyclic) bond motifs is 3. The largest absolute Gasteiger partial charge is 0.349 e. The van der Waals surface area contributed by atoms with Crippen LogP contribution in [0.25, 0.3) is 10.9 Å². The summed E-state index contributed by atoms with van der Waals surface area (Å²) in [5, 5.41) is 4.04. The monoisotopic (exact) mass is 324 g/mol. The summed E-state index contributed by atoms with van der Waals surface area (Å²) >= 11 is 0. The van der Waals surface area contributed by atoms with Crippen LogP contribution in [0.3, 0.4) is 0 Å². The van der Waals surface area contributed by atoms with Gasteiger partial charge in [0.15, 0.2) is 0 Å². The zero-order valence-electron chi connectivity index (χ0n) is 14.5. The average molecular weight is 324 g/mol. The Labute approximate surface area is 141 Å². The van der Waals surface area contributed by atoms with E-state index in [4.69, 9.17) is 0 Å². The van der Waals surface area contributed by atoms with Crippen LogP contribution in [0.2, 0.25) is 0 Å². The molecular weight excluding hydrogens is 300 g/mol. The summed E-state index contributed by atoms with van der Waals surface area (Å²) in [7, 11) is 0. The third-order valence-corrected chi connectivity index (χ3v) is 7.09. The maximum atomic E-state index is 12.9. The minimum atomic E-state index is -0.238. The third kappa shape index (κ3) is 1.98. The fraction of sp³-hybridized carbons (Fsp3) is 0.500. The van der Waals surface area contributed by atoms with Crippen LogP contribution in [-0.2, 0) is 0 Å². The van der Waals surface area contributed by atoms with Gasteiger partial charge in [-0.2, -0.15) is 0 Å². The lowest BCUT2D eigenvalue weighted by atomic mass is 9.69. The summed E-state index contributed by atoms with van der Waals surface area (Å²) in [4.78, 5) is 27.6. The minimum absolute atomic E-state index is 0.129. The highest BCUT2D eigenvalue weighted by atomic mass is 16.2. The molecule has 24 heavy (non-hydrogen) atoms. The molecule has 126 valence electrons. The molecule has 1 amide bonds. The Morgan fingerprint density at radius 2 is 2.00 bits per heavy atom. The average Bonchev–Trinajstić information content (AvgIpc) is 2.87. The van der Waals surface area contributed by atoms with E-state index in [1.807, 2.05) is 24.3 Å². The molecule has 2 aliphatic rings. The van der Waals surface area contributed by atoms with Gasteiger partial charge in [-0.25, -0.2) is 0 Å². The lowest BCUT2D eigenvalue weighted by molar-refractivity contribution is 0.0827. The van der Waals surface area contributed by atoms with Crippen molar-refractivity contribution in [1.29, 1.82) is 0 Å². The van der Waals surface area contributed by atoms with Crippen LogP contribution in [0.1, 0.15) is 50.4 Å².